The number of methoxy groups -OCH3 is 1. The Bertz CT molecular complexity index is 418. The fourth-order valence-corrected chi connectivity index (χ4v) is 1.86. The van der Waals surface area contributed by atoms with Gasteiger partial charge in [-0.2, -0.15) is 0 Å². The van der Waals surface area contributed by atoms with Crippen LogP contribution in [0.25, 0.3) is 0 Å². The van der Waals surface area contributed by atoms with Crippen LogP contribution in [0, 0.1) is 6.92 Å². The van der Waals surface area contributed by atoms with Gasteiger partial charge in [0, 0.05) is 11.1 Å². The third kappa shape index (κ3) is 1.77. The molecule has 0 saturated heterocycles. The van der Waals surface area contributed by atoms with Crippen LogP contribution in [-0.2, 0) is 0 Å². The molecule has 1 aromatic carbocycles. The van der Waals surface area contributed by atoms with Crippen LogP contribution < -0.4 is 10.1 Å². The zero-order chi connectivity index (χ0) is 10.3. The van der Waals surface area contributed by atoms with Crippen LogP contribution in [0.15, 0.2) is 6.07 Å². The molecular weight excluding hydrogens is 237 g/mol. The first-order valence-electron chi connectivity index (χ1n) is 4.29. The molecule has 0 radical (unpaired) electrons. The molecule has 0 amide bonds. The van der Waals surface area contributed by atoms with Gasteiger partial charge in [-0.15, -0.1) is 12.4 Å². The summed E-state index contributed by atoms with van der Waals surface area (Å²) < 4.78 is 5.14. The molecule has 1 aliphatic heterocycles. The summed E-state index contributed by atoms with van der Waals surface area (Å²) in [5.41, 5.74) is 2.24. The average Bonchev–Trinajstić information content (AvgIpc) is 2.54. The first-order chi connectivity index (χ1) is 6.65. The van der Waals surface area contributed by atoms with E-state index < -0.39 is 0 Å². The number of carbonyl (C=O) groups excluding carboxylic acids is 1. The van der Waals surface area contributed by atoms with Crippen molar-refractivity contribution >= 4 is 35.5 Å². The Morgan fingerprint density at radius 3 is 2.80 bits per heavy atom. The maximum Gasteiger partial charge on any atom is 0.184 e. The van der Waals surface area contributed by atoms with Gasteiger partial charge in [0.15, 0.2) is 5.78 Å². The highest BCUT2D eigenvalue weighted by Gasteiger charge is 2.26. The normalized spacial score (nSPS) is 12.9. The van der Waals surface area contributed by atoms with Gasteiger partial charge in [0.1, 0.15) is 5.75 Å². The van der Waals surface area contributed by atoms with Gasteiger partial charge in [0.2, 0.25) is 0 Å². The number of ketones is 1. The van der Waals surface area contributed by atoms with Crippen molar-refractivity contribution in [3.05, 3.63) is 22.2 Å². The summed E-state index contributed by atoms with van der Waals surface area (Å²) in [6.45, 7) is 2.17. The summed E-state index contributed by atoms with van der Waals surface area (Å²) >= 11 is 5.98. The van der Waals surface area contributed by atoms with Crippen LogP contribution in [0.2, 0.25) is 5.02 Å². The number of hydrogen-bond acceptors (Lipinski definition) is 3. The Labute approximate surface area is 99.2 Å². The number of ether oxygens (including phenoxy) is 1. The van der Waals surface area contributed by atoms with E-state index in [4.69, 9.17) is 16.3 Å². The second-order valence-electron chi connectivity index (χ2n) is 3.21. The SMILES string of the molecule is COc1cc(Cl)c(C)c2c1NCC2=O.Cl. The molecule has 0 atom stereocenters. The third-order valence-corrected chi connectivity index (χ3v) is 2.80. The lowest BCUT2D eigenvalue weighted by atomic mass is 10.0. The molecule has 1 aromatic rings. The molecular formula is C10H11Cl2NO2. The van der Waals surface area contributed by atoms with Gasteiger partial charge in [-0.1, -0.05) is 11.6 Å². The number of carbonyl (C=O) groups is 1. The van der Waals surface area contributed by atoms with Gasteiger partial charge in [-0.05, 0) is 12.5 Å². The van der Waals surface area contributed by atoms with E-state index in [1.165, 1.54) is 0 Å². The lowest BCUT2D eigenvalue weighted by Gasteiger charge is -2.10. The summed E-state index contributed by atoms with van der Waals surface area (Å²) in [6.07, 6.45) is 0. The number of hydrogen-bond donors (Lipinski definition) is 1. The Balaban J connectivity index is 0.00000112. The average molecular weight is 248 g/mol. The highest BCUT2D eigenvalue weighted by atomic mass is 35.5. The molecule has 0 aliphatic carbocycles. The van der Waals surface area contributed by atoms with E-state index in [1.807, 2.05) is 6.92 Å². The van der Waals surface area contributed by atoms with Crippen molar-refractivity contribution in [1.29, 1.82) is 0 Å². The predicted molar refractivity (Wildman–Crippen MR) is 62.8 cm³/mol. The van der Waals surface area contributed by atoms with Crippen molar-refractivity contribution in [3.8, 4) is 5.75 Å². The van der Waals surface area contributed by atoms with Crippen LogP contribution >= 0.6 is 24.0 Å². The van der Waals surface area contributed by atoms with Crippen LogP contribution in [-0.4, -0.2) is 19.4 Å². The van der Waals surface area contributed by atoms with E-state index in [0.29, 0.717) is 22.9 Å². The molecule has 15 heavy (non-hydrogen) atoms. The maximum absolute atomic E-state index is 11.5. The minimum atomic E-state index is 0. The monoisotopic (exact) mass is 247 g/mol. The largest absolute Gasteiger partial charge is 0.495 e. The van der Waals surface area contributed by atoms with Crippen LogP contribution in [0.3, 0.4) is 0 Å². The molecule has 3 nitrogen and oxygen atoms in total. The minimum Gasteiger partial charge on any atom is -0.495 e. The van der Waals surface area contributed by atoms with E-state index >= 15 is 0 Å². The zero-order valence-corrected chi connectivity index (χ0v) is 9.96. The Morgan fingerprint density at radius 2 is 2.20 bits per heavy atom. The van der Waals surface area contributed by atoms with Gasteiger partial charge < -0.3 is 10.1 Å². The van der Waals surface area contributed by atoms with E-state index in [0.717, 1.165) is 11.3 Å². The van der Waals surface area contributed by atoms with Gasteiger partial charge in [-0.3, -0.25) is 4.79 Å². The smallest absolute Gasteiger partial charge is 0.184 e. The van der Waals surface area contributed by atoms with Crippen molar-refractivity contribution in [1.82, 2.24) is 0 Å². The predicted octanol–water partition coefficient (Wildman–Crippen LogP) is 2.69. The fraction of sp³-hybridized carbons (Fsp3) is 0.300. The molecule has 0 aromatic heterocycles. The molecule has 0 saturated carbocycles. The maximum atomic E-state index is 11.5. The summed E-state index contributed by atoms with van der Waals surface area (Å²) in [5, 5.41) is 3.57. The third-order valence-electron chi connectivity index (χ3n) is 2.41. The topological polar surface area (TPSA) is 38.3 Å². The van der Waals surface area contributed by atoms with Gasteiger partial charge in [0.25, 0.3) is 0 Å². The summed E-state index contributed by atoms with van der Waals surface area (Å²) in [4.78, 5) is 11.5. The van der Waals surface area contributed by atoms with Crippen LogP contribution in [0.5, 0.6) is 5.75 Å². The molecule has 82 valence electrons. The second kappa shape index (κ2) is 4.29. The summed E-state index contributed by atoms with van der Waals surface area (Å²) in [7, 11) is 1.56. The lowest BCUT2D eigenvalue weighted by molar-refractivity contribution is 0.101. The molecule has 1 aliphatic rings. The van der Waals surface area contributed by atoms with Crippen LogP contribution in [0.1, 0.15) is 15.9 Å². The highest BCUT2D eigenvalue weighted by molar-refractivity contribution is 6.32. The molecule has 0 unspecified atom stereocenters. The number of Topliss-reactive ketones (excluding diaryl/α,β-unsaturated/α-hetero) is 1. The molecule has 2 rings (SSSR count). The summed E-state index contributed by atoms with van der Waals surface area (Å²) in [6, 6.07) is 1.72. The van der Waals surface area contributed by atoms with Crippen molar-refractivity contribution in [2.24, 2.45) is 0 Å². The zero-order valence-electron chi connectivity index (χ0n) is 8.39. The van der Waals surface area contributed by atoms with Crippen molar-refractivity contribution < 1.29 is 9.53 Å². The van der Waals surface area contributed by atoms with E-state index in [9.17, 15) is 4.79 Å². The Hall–Kier alpha value is -0.930. The van der Waals surface area contributed by atoms with Gasteiger partial charge >= 0.3 is 0 Å². The fourth-order valence-electron chi connectivity index (χ4n) is 1.67. The van der Waals surface area contributed by atoms with Crippen molar-refractivity contribution in [3.63, 3.8) is 0 Å². The first kappa shape index (κ1) is 12.1. The van der Waals surface area contributed by atoms with E-state index in [-0.39, 0.29) is 18.2 Å². The Morgan fingerprint density at radius 1 is 1.53 bits per heavy atom. The van der Waals surface area contributed by atoms with Gasteiger partial charge in [-0.25, -0.2) is 0 Å². The number of benzene rings is 1. The van der Waals surface area contributed by atoms with E-state index in [2.05, 4.69) is 5.32 Å². The van der Waals surface area contributed by atoms with Crippen molar-refractivity contribution in [2.45, 2.75) is 6.92 Å². The van der Waals surface area contributed by atoms with Gasteiger partial charge in [0.05, 0.1) is 24.9 Å². The lowest BCUT2D eigenvalue weighted by Crippen LogP contribution is -2.01. The number of rotatable bonds is 1. The van der Waals surface area contributed by atoms with Crippen LogP contribution in [0.4, 0.5) is 5.69 Å². The van der Waals surface area contributed by atoms with Crippen molar-refractivity contribution in [2.75, 3.05) is 19.0 Å². The molecule has 5 heteroatoms. The van der Waals surface area contributed by atoms with E-state index in [1.54, 1.807) is 13.2 Å². The number of halogens is 2. The Kier molecular flexibility index (Phi) is 3.47. The number of anilines is 1. The first-order valence-corrected chi connectivity index (χ1v) is 4.67. The molecule has 1 heterocycles. The standard InChI is InChI=1S/C10H10ClNO2.ClH/c1-5-6(11)3-8(14-2)10-9(5)7(13)4-12-10;/h3,12H,4H2,1-2H3;1H. The minimum absolute atomic E-state index is 0. The summed E-state index contributed by atoms with van der Waals surface area (Å²) in [5.74, 6) is 0.694. The number of fused-ring (bicyclic) bond motifs is 1. The quantitative estimate of drug-likeness (QED) is 0.830. The second-order valence-corrected chi connectivity index (χ2v) is 3.62. The molecule has 0 bridgehead atoms. The molecule has 0 fully saturated rings. The molecule has 0 spiro atoms. The highest BCUT2D eigenvalue weighted by Crippen LogP contribution is 2.38. The number of nitrogens with one attached hydrogen (secondary N) is 1. The molecule has 1 N–H and O–H groups in total.